The smallest absolute Gasteiger partial charge is 0.214 e. The summed E-state index contributed by atoms with van der Waals surface area (Å²) < 4.78 is 18.2. The summed E-state index contributed by atoms with van der Waals surface area (Å²) in [4.78, 5) is 0. The summed E-state index contributed by atoms with van der Waals surface area (Å²) in [6.45, 7) is 2.99. The summed E-state index contributed by atoms with van der Waals surface area (Å²) in [5.74, 6) is 2.45. The maximum Gasteiger partial charge on any atom is 0.214 e. The second-order valence-electron chi connectivity index (χ2n) is 9.19. The van der Waals surface area contributed by atoms with E-state index < -0.39 is 0 Å². The highest BCUT2D eigenvalue weighted by atomic mass is 16.5. The van der Waals surface area contributed by atoms with Gasteiger partial charge in [-0.05, 0) is 42.3 Å². The van der Waals surface area contributed by atoms with Crippen molar-refractivity contribution in [2.75, 3.05) is 13.7 Å². The molecule has 2 aliphatic rings. The Hall–Kier alpha value is -3.47. The second kappa shape index (κ2) is 10.9. The van der Waals surface area contributed by atoms with Crippen LogP contribution in [0.15, 0.2) is 77.9 Å². The second-order valence-corrected chi connectivity index (χ2v) is 9.19. The zero-order chi connectivity index (χ0) is 24.0. The molecule has 0 N–H and O–H groups in total. The lowest BCUT2D eigenvalue weighted by atomic mass is 9.95. The van der Waals surface area contributed by atoms with Gasteiger partial charge >= 0.3 is 0 Å². The van der Waals surface area contributed by atoms with E-state index >= 15 is 0 Å². The van der Waals surface area contributed by atoms with Crippen molar-refractivity contribution in [2.45, 2.75) is 57.7 Å². The first-order valence-corrected chi connectivity index (χ1v) is 12.8. The quantitative estimate of drug-likeness (QED) is 0.292. The molecule has 0 unspecified atom stereocenters. The van der Waals surface area contributed by atoms with E-state index in [2.05, 4.69) is 54.4 Å². The molecule has 0 radical (unpaired) electrons. The summed E-state index contributed by atoms with van der Waals surface area (Å²) in [5.41, 5.74) is 4.37. The van der Waals surface area contributed by atoms with E-state index in [0.29, 0.717) is 0 Å². The number of nitrogens with zero attached hydrogens (tertiary/aromatic N) is 2. The van der Waals surface area contributed by atoms with Crippen LogP contribution in [-0.2, 0) is 0 Å². The van der Waals surface area contributed by atoms with E-state index in [-0.39, 0.29) is 12.3 Å². The molecule has 0 bridgehead atoms. The number of hydrazone groups is 1. The van der Waals surface area contributed by atoms with Gasteiger partial charge in [-0.3, -0.25) is 0 Å². The van der Waals surface area contributed by atoms with Gasteiger partial charge < -0.3 is 14.2 Å². The van der Waals surface area contributed by atoms with Gasteiger partial charge in [-0.1, -0.05) is 75.1 Å². The summed E-state index contributed by atoms with van der Waals surface area (Å²) in [6.07, 6.45) is 6.65. The van der Waals surface area contributed by atoms with Crippen molar-refractivity contribution in [3.8, 4) is 17.2 Å². The van der Waals surface area contributed by atoms with Gasteiger partial charge in [0.1, 0.15) is 5.75 Å². The lowest BCUT2D eigenvalue weighted by Gasteiger charge is -2.38. The fraction of sp³-hybridized carbons (Fsp3) is 0.367. The third-order valence-electron chi connectivity index (χ3n) is 6.79. The van der Waals surface area contributed by atoms with Gasteiger partial charge in [-0.15, -0.1) is 0 Å². The number of rotatable bonds is 10. The maximum atomic E-state index is 6.57. The van der Waals surface area contributed by atoms with Crippen LogP contribution in [0.3, 0.4) is 0 Å². The molecular weight excluding hydrogens is 436 g/mol. The van der Waals surface area contributed by atoms with Crippen molar-refractivity contribution in [2.24, 2.45) is 5.10 Å². The molecule has 2 aliphatic heterocycles. The molecule has 5 rings (SSSR count). The number of para-hydroxylation sites is 1. The van der Waals surface area contributed by atoms with E-state index in [9.17, 15) is 0 Å². The van der Waals surface area contributed by atoms with Crippen LogP contribution in [0.5, 0.6) is 17.2 Å². The topological polar surface area (TPSA) is 43.3 Å². The monoisotopic (exact) mass is 470 g/mol. The highest BCUT2D eigenvalue weighted by Crippen LogP contribution is 2.50. The molecule has 5 nitrogen and oxygen atoms in total. The van der Waals surface area contributed by atoms with Crippen LogP contribution in [0.4, 0.5) is 0 Å². The van der Waals surface area contributed by atoms with Crippen molar-refractivity contribution in [1.29, 1.82) is 0 Å². The molecule has 35 heavy (non-hydrogen) atoms. The molecule has 0 fully saturated rings. The Morgan fingerprint density at radius 2 is 1.71 bits per heavy atom. The number of methoxy groups -OCH3 is 1. The molecule has 3 aromatic rings. The van der Waals surface area contributed by atoms with Crippen molar-refractivity contribution in [3.05, 3.63) is 89.5 Å². The molecule has 0 spiro atoms. The van der Waals surface area contributed by atoms with Crippen LogP contribution in [0, 0.1) is 0 Å². The zero-order valence-electron chi connectivity index (χ0n) is 20.7. The number of fused-ring (bicyclic) bond motifs is 3. The molecule has 0 aliphatic carbocycles. The highest BCUT2D eigenvalue weighted by Gasteiger charge is 2.42. The third kappa shape index (κ3) is 5.00. The number of hydrogen-bond acceptors (Lipinski definition) is 5. The number of unbranched alkanes of at least 4 members (excludes halogenated alkanes) is 4. The van der Waals surface area contributed by atoms with E-state index in [4.69, 9.17) is 19.3 Å². The maximum absolute atomic E-state index is 6.57. The molecule has 0 aromatic heterocycles. The minimum atomic E-state index is -0.340. The fourth-order valence-electron chi connectivity index (χ4n) is 4.89. The average molecular weight is 471 g/mol. The van der Waals surface area contributed by atoms with Gasteiger partial charge in [0.2, 0.25) is 6.23 Å². The summed E-state index contributed by atoms with van der Waals surface area (Å²) >= 11 is 0. The molecule has 0 saturated carbocycles. The molecule has 0 saturated heterocycles. The predicted molar refractivity (Wildman–Crippen MR) is 139 cm³/mol. The summed E-state index contributed by atoms with van der Waals surface area (Å²) in [6, 6.07) is 24.8. The number of ether oxygens (including phenoxy) is 3. The van der Waals surface area contributed by atoms with Crippen LogP contribution >= 0.6 is 0 Å². The van der Waals surface area contributed by atoms with E-state index in [1.54, 1.807) is 7.11 Å². The van der Waals surface area contributed by atoms with E-state index in [1.807, 2.05) is 30.3 Å². The Balaban J connectivity index is 1.38. The molecule has 182 valence electrons. The Kier molecular flexibility index (Phi) is 7.22. The highest BCUT2D eigenvalue weighted by molar-refractivity contribution is 6.01. The van der Waals surface area contributed by atoms with Gasteiger partial charge in [0.15, 0.2) is 11.5 Å². The van der Waals surface area contributed by atoms with Crippen molar-refractivity contribution < 1.29 is 14.2 Å². The Morgan fingerprint density at radius 1 is 0.914 bits per heavy atom. The summed E-state index contributed by atoms with van der Waals surface area (Å²) in [7, 11) is 1.69. The van der Waals surface area contributed by atoms with Gasteiger partial charge in [0, 0.05) is 17.5 Å². The minimum Gasteiger partial charge on any atom is -0.494 e. The van der Waals surface area contributed by atoms with Gasteiger partial charge in [-0.2, -0.15) is 5.10 Å². The van der Waals surface area contributed by atoms with Crippen molar-refractivity contribution in [3.63, 3.8) is 0 Å². The van der Waals surface area contributed by atoms with Gasteiger partial charge in [0.25, 0.3) is 0 Å². The van der Waals surface area contributed by atoms with Gasteiger partial charge in [-0.25, -0.2) is 5.01 Å². The van der Waals surface area contributed by atoms with Crippen LogP contribution in [-0.4, -0.2) is 24.4 Å². The molecular formula is C30H34N2O3. The number of hydrogen-bond donors (Lipinski definition) is 0. The predicted octanol–water partition coefficient (Wildman–Crippen LogP) is 7.29. The number of benzene rings is 3. The molecule has 5 heteroatoms. The average Bonchev–Trinajstić information content (AvgIpc) is 3.37. The van der Waals surface area contributed by atoms with Crippen LogP contribution in [0.1, 0.15) is 74.4 Å². The van der Waals surface area contributed by atoms with Crippen LogP contribution in [0.2, 0.25) is 0 Å². The Morgan fingerprint density at radius 3 is 2.49 bits per heavy atom. The third-order valence-corrected chi connectivity index (χ3v) is 6.79. The molecule has 0 amide bonds. The Labute approximate surface area is 208 Å². The lowest BCUT2D eigenvalue weighted by Crippen LogP contribution is -2.33. The lowest BCUT2D eigenvalue weighted by molar-refractivity contribution is -0.0209. The first-order valence-electron chi connectivity index (χ1n) is 12.8. The normalized spacial score (nSPS) is 18.3. The first-order chi connectivity index (χ1) is 17.3. The van der Waals surface area contributed by atoms with Gasteiger partial charge in [0.05, 0.1) is 25.5 Å². The molecule has 3 aromatic carbocycles. The van der Waals surface area contributed by atoms with Crippen LogP contribution < -0.4 is 14.2 Å². The first kappa shape index (κ1) is 23.3. The van der Waals surface area contributed by atoms with Crippen molar-refractivity contribution in [1.82, 2.24) is 5.01 Å². The van der Waals surface area contributed by atoms with E-state index in [1.165, 1.54) is 25.7 Å². The largest absolute Gasteiger partial charge is 0.494 e. The molecule has 2 atom stereocenters. The van der Waals surface area contributed by atoms with Crippen molar-refractivity contribution >= 4 is 5.71 Å². The summed E-state index contributed by atoms with van der Waals surface area (Å²) in [5, 5.41) is 7.16. The zero-order valence-corrected chi connectivity index (χ0v) is 20.7. The van der Waals surface area contributed by atoms with Crippen LogP contribution in [0.25, 0.3) is 0 Å². The van der Waals surface area contributed by atoms with E-state index in [0.717, 1.165) is 59.1 Å². The Bertz CT molecular complexity index is 1140. The fourth-order valence-corrected chi connectivity index (χ4v) is 4.89. The SMILES string of the molecule is CCCCCCCOc1ccc([C@H]2Oc3c(OC)cccc3[C@H]3CC(c4ccccc4)=NN32)cc1. The standard InChI is InChI=1S/C30H34N2O3/c1-3-4-5-6-10-20-34-24-18-16-23(17-19-24)30-32-27(21-26(31-32)22-12-8-7-9-13-22)25-14-11-15-28(33-2)29(25)35-30/h7-9,11-19,27,30H,3-6,10,20-21H2,1-2H3/t27-,30-/m1/s1. The molecule has 2 heterocycles. The minimum absolute atomic E-state index is 0.0908.